The van der Waals surface area contributed by atoms with Crippen LogP contribution in [-0.2, 0) is 6.61 Å². The lowest BCUT2D eigenvalue weighted by atomic mass is 10.1. The van der Waals surface area contributed by atoms with Crippen LogP contribution in [0.15, 0.2) is 48.5 Å². The molecule has 0 unspecified atom stereocenters. The number of phenols is 1. The van der Waals surface area contributed by atoms with Crippen LogP contribution in [0.2, 0.25) is 0 Å². The molecule has 0 fully saturated rings. The van der Waals surface area contributed by atoms with E-state index in [0.29, 0.717) is 6.61 Å². The number of benzene rings is 2. The molecule has 0 aliphatic rings. The number of rotatable bonds is 15. The Morgan fingerprint density at radius 1 is 0.607 bits per heavy atom. The van der Waals surface area contributed by atoms with E-state index in [-0.39, 0.29) is 5.75 Å². The summed E-state index contributed by atoms with van der Waals surface area (Å²) in [6.07, 6.45) is 13.4. The Balaban J connectivity index is 1.50. The normalized spacial score (nSPS) is 10.8. The standard InChI is InChI=1S/C25H36O3/c1-2-3-4-5-6-7-8-9-10-11-20-27-24-16-18-25(19-17-24)28-21-22-12-14-23(26)15-13-22/h12-19,26H,2-11,20-21H2,1H3. The van der Waals surface area contributed by atoms with Gasteiger partial charge in [0.1, 0.15) is 23.9 Å². The molecule has 0 spiro atoms. The SMILES string of the molecule is CCCCCCCCCCCCOc1ccc(OCc2ccc(O)cc2)cc1. The molecule has 0 radical (unpaired) electrons. The van der Waals surface area contributed by atoms with Gasteiger partial charge in [0.05, 0.1) is 6.61 Å². The van der Waals surface area contributed by atoms with E-state index in [4.69, 9.17) is 9.47 Å². The van der Waals surface area contributed by atoms with Crippen LogP contribution in [0, 0.1) is 0 Å². The summed E-state index contributed by atoms with van der Waals surface area (Å²) in [7, 11) is 0. The Morgan fingerprint density at radius 3 is 1.68 bits per heavy atom. The van der Waals surface area contributed by atoms with Crippen molar-refractivity contribution >= 4 is 0 Å². The molecule has 0 atom stereocenters. The van der Waals surface area contributed by atoms with E-state index in [1.54, 1.807) is 12.1 Å². The highest BCUT2D eigenvalue weighted by Crippen LogP contribution is 2.20. The second kappa shape index (κ2) is 13.9. The third-order valence-electron chi connectivity index (χ3n) is 4.93. The predicted molar refractivity (Wildman–Crippen MR) is 116 cm³/mol. The maximum atomic E-state index is 9.30. The van der Waals surface area contributed by atoms with E-state index < -0.39 is 0 Å². The maximum Gasteiger partial charge on any atom is 0.120 e. The highest BCUT2D eigenvalue weighted by molar-refractivity contribution is 5.32. The molecule has 3 heteroatoms. The molecule has 0 saturated carbocycles. The van der Waals surface area contributed by atoms with Gasteiger partial charge in [0.2, 0.25) is 0 Å². The summed E-state index contributed by atoms with van der Waals surface area (Å²) < 4.78 is 11.6. The molecule has 0 amide bonds. The van der Waals surface area contributed by atoms with Crippen LogP contribution in [-0.4, -0.2) is 11.7 Å². The van der Waals surface area contributed by atoms with E-state index in [1.807, 2.05) is 36.4 Å². The zero-order valence-corrected chi connectivity index (χ0v) is 17.4. The van der Waals surface area contributed by atoms with Crippen molar-refractivity contribution in [3.63, 3.8) is 0 Å². The minimum Gasteiger partial charge on any atom is -0.508 e. The molecule has 0 bridgehead atoms. The van der Waals surface area contributed by atoms with Gasteiger partial charge in [-0.05, 0) is 48.4 Å². The largest absolute Gasteiger partial charge is 0.508 e. The second-order valence-corrected chi connectivity index (χ2v) is 7.46. The van der Waals surface area contributed by atoms with Gasteiger partial charge in [0.25, 0.3) is 0 Å². The van der Waals surface area contributed by atoms with Crippen molar-refractivity contribution in [3.05, 3.63) is 54.1 Å². The average molecular weight is 385 g/mol. The van der Waals surface area contributed by atoms with Gasteiger partial charge in [-0.1, -0.05) is 76.8 Å². The number of unbranched alkanes of at least 4 members (excludes halogenated alkanes) is 9. The minimum absolute atomic E-state index is 0.271. The second-order valence-electron chi connectivity index (χ2n) is 7.46. The van der Waals surface area contributed by atoms with Crippen molar-refractivity contribution in [2.45, 2.75) is 77.7 Å². The molecule has 2 aromatic rings. The summed E-state index contributed by atoms with van der Waals surface area (Å²) in [6.45, 7) is 3.53. The van der Waals surface area contributed by atoms with Gasteiger partial charge in [0, 0.05) is 0 Å². The van der Waals surface area contributed by atoms with E-state index >= 15 is 0 Å². The van der Waals surface area contributed by atoms with Crippen LogP contribution in [0.4, 0.5) is 0 Å². The van der Waals surface area contributed by atoms with Gasteiger partial charge in [-0.25, -0.2) is 0 Å². The van der Waals surface area contributed by atoms with Gasteiger partial charge in [0.15, 0.2) is 0 Å². The lowest BCUT2D eigenvalue weighted by Crippen LogP contribution is -1.98. The zero-order chi connectivity index (χ0) is 19.9. The fourth-order valence-corrected chi connectivity index (χ4v) is 3.17. The van der Waals surface area contributed by atoms with Gasteiger partial charge < -0.3 is 14.6 Å². The molecule has 2 rings (SSSR count). The first kappa shape index (κ1) is 22.1. The summed E-state index contributed by atoms with van der Waals surface area (Å²) in [6, 6.07) is 14.9. The number of aromatic hydroxyl groups is 1. The summed E-state index contributed by atoms with van der Waals surface area (Å²) in [5.74, 6) is 1.99. The van der Waals surface area contributed by atoms with Crippen LogP contribution in [0.3, 0.4) is 0 Å². The van der Waals surface area contributed by atoms with Crippen molar-refractivity contribution in [3.8, 4) is 17.2 Å². The number of hydrogen-bond donors (Lipinski definition) is 1. The summed E-state index contributed by atoms with van der Waals surface area (Å²) in [5.41, 5.74) is 1.03. The van der Waals surface area contributed by atoms with Crippen molar-refractivity contribution < 1.29 is 14.6 Å². The zero-order valence-electron chi connectivity index (χ0n) is 17.4. The van der Waals surface area contributed by atoms with E-state index in [2.05, 4.69) is 6.92 Å². The average Bonchev–Trinajstić information content (AvgIpc) is 2.72. The third-order valence-corrected chi connectivity index (χ3v) is 4.93. The number of hydrogen-bond acceptors (Lipinski definition) is 3. The van der Waals surface area contributed by atoms with Gasteiger partial charge in [-0.3, -0.25) is 0 Å². The van der Waals surface area contributed by atoms with E-state index in [1.165, 1.54) is 57.8 Å². The van der Waals surface area contributed by atoms with Gasteiger partial charge in [-0.2, -0.15) is 0 Å². The quantitative estimate of drug-likeness (QED) is 0.328. The maximum absolute atomic E-state index is 9.30. The monoisotopic (exact) mass is 384 g/mol. The summed E-state index contributed by atoms with van der Waals surface area (Å²) in [5, 5.41) is 9.30. The fraction of sp³-hybridized carbons (Fsp3) is 0.520. The minimum atomic E-state index is 0.271. The highest BCUT2D eigenvalue weighted by Gasteiger charge is 1.99. The first-order chi connectivity index (χ1) is 13.8. The van der Waals surface area contributed by atoms with Crippen molar-refractivity contribution in [1.82, 2.24) is 0 Å². The number of ether oxygens (including phenoxy) is 2. The fourth-order valence-electron chi connectivity index (χ4n) is 3.17. The van der Waals surface area contributed by atoms with Gasteiger partial charge >= 0.3 is 0 Å². The Kier molecular flexibility index (Phi) is 11.0. The lowest BCUT2D eigenvalue weighted by Gasteiger charge is -2.09. The first-order valence-corrected chi connectivity index (χ1v) is 10.9. The molecule has 0 aliphatic heterocycles. The van der Waals surface area contributed by atoms with Crippen LogP contribution < -0.4 is 9.47 Å². The Hall–Kier alpha value is -2.16. The summed E-state index contributed by atoms with van der Waals surface area (Å²) in [4.78, 5) is 0. The van der Waals surface area contributed by atoms with E-state index in [0.717, 1.165) is 30.1 Å². The topological polar surface area (TPSA) is 38.7 Å². The molecule has 28 heavy (non-hydrogen) atoms. The van der Waals surface area contributed by atoms with Crippen molar-refractivity contribution in [2.75, 3.05) is 6.61 Å². The highest BCUT2D eigenvalue weighted by atomic mass is 16.5. The smallest absolute Gasteiger partial charge is 0.120 e. The first-order valence-electron chi connectivity index (χ1n) is 10.9. The van der Waals surface area contributed by atoms with Crippen LogP contribution in [0.25, 0.3) is 0 Å². The Bertz CT molecular complexity index is 619. The Morgan fingerprint density at radius 2 is 1.11 bits per heavy atom. The Labute approximate surface area is 170 Å². The van der Waals surface area contributed by atoms with Crippen LogP contribution in [0.5, 0.6) is 17.2 Å². The van der Waals surface area contributed by atoms with Gasteiger partial charge in [-0.15, -0.1) is 0 Å². The molecule has 2 aromatic carbocycles. The predicted octanol–water partition coefficient (Wildman–Crippen LogP) is 7.27. The molecule has 0 aliphatic carbocycles. The third kappa shape index (κ3) is 9.68. The molecule has 0 heterocycles. The molecule has 154 valence electrons. The molecule has 0 saturated heterocycles. The molecule has 0 aromatic heterocycles. The van der Waals surface area contributed by atoms with Crippen molar-refractivity contribution in [1.29, 1.82) is 0 Å². The number of phenolic OH excluding ortho intramolecular Hbond substituents is 1. The molecular weight excluding hydrogens is 348 g/mol. The van der Waals surface area contributed by atoms with E-state index in [9.17, 15) is 5.11 Å². The lowest BCUT2D eigenvalue weighted by molar-refractivity contribution is 0.296. The molecule has 3 nitrogen and oxygen atoms in total. The molecule has 1 N–H and O–H groups in total. The van der Waals surface area contributed by atoms with Crippen molar-refractivity contribution in [2.24, 2.45) is 0 Å². The summed E-state index contributed by atoms with van der Waals surface area (Å²) >= 11 is 0. The van der Waals surface area contributed by atoms with Crippen LogP contribution >= 0.6 is 0 Å². The van der Waals surface area contributed by atoms with Crippen LogP contribution in [0.1, 0.15) is 76.7 Å². The molecular formula is C25H36O3.